The van der Waals surface area contributed by atoms with Crippen molar-refractivity contribution in [3.05, 3.63) is 58.6 Å². The van der Waals surface area contributed by atoms with Gasteiger partial charge in [-0.1, -0.05) is 12.1 Å². The van der Waals surface area contributed by atoms with Crippen LogP contribution in [0.1, 0.15) is 10.4 Å². The Morgan fingerprint density at radius 3 is 2.65 bits per heavy atom. The van der Waals surface area contributed by atoms with Gasteiger partial charge in [-0.25, -0.2) is 13.2 Å². The number of nitrogens with one attached hydrogen (secondary N) is 2. The van der Waals surface area contributed by atoms with Crippen LogP contribution in [0.15, 0.2) is 56.6 Å². The second-order valence-electron chi connectivity index (χ2n) is 4.69. The molecule has 9 heteroatoms. The summed E-state index contributed by atoms with van der Waals surface area (Å²) in [6.45, 7) is 0. The standard InChI is InChI=1S/C14H11N3O5S/c15-13(18)9-3-1-2-4-10(9)17-23(20,21)8-5-6-12-11(7-8)16-14(19)22-12/h1-7,17H,(H2,15,18)(H,16,19). The van der Waals surface area contributed by atoms with E-state index in [1.807, 2.05) is 0 Å². The highest BCUT2D eigenvalue weighted by Crippen LogP contribution is 2.22. The van der Waals surface area contributed by atoms with Crippen molar-refractivity contribution in [2.45, 2.75) is 4.90 Å². The van der Waals surface area contributed by atoms with E-state index in [9.17, 15) is 18.0 Å². The van der Waals surface area contributed by atoms with Crippen molar-refractivity contribution in [1.29, 1.82) is 0 Å². The number of carbonyl (C=O) groups is 1. The molecule has 0 fully saturated rings. The second kappa shape index (κ2) is 5.29. The van der Waals surface area contributed by atoms with Gasteiger partial charge in [0.15, 0.2) is 5.58 Å². The van der Waals surface area contributed by atoms with Crippen LogP contribution in [0, 0.1) is 0 Å². The lowest BCUT2D eigenvalue weighted by molar-refractivity contribution is 0.100. The van der Waals surface area contributed by atoms with Crippen LogP contribution in [-0.4, -0.2) is 19.3 Å². The summed E-state index contributed by atoms with van der Waals surface area (Å²) in [6.07, 6.45) is 0. The number of primary amides is 1. The molecule has 2 aromatic carbocycles. The molecule has 0 aliphatic heterocycles. The first-order valence-electron chi connectivity index (χ1n) is 6.41. The SMILES string of the molecule is NC(=O)c1ccccc1NS(=O)(=O)c1ccc2oc(=O)[nH]c2c1. The van der Waals surface area contributed by atoms with Crippen LogP contribution < -0.4 is 16.2 Å². The molecule has 3 aromatic rings. The predicted molar refractivity (Wildman–Crippen MR) is 82.6 cm³/mol. The number of amides is 1. The molecular formula is C14H11N3O5S. The molecule has 0 spiro atoms. The summed E-state index contributed by atoms with van der Waals surface area (Å²) in [7, 11) is -3.97. The van der Waals surface area contributed by atoms with Crippen LogP contribution in [0.5, 0.6) is 0 Å². The second-order valence-corrected chi connectivity index (χ2v) is 6.37. The summed E-state index contributed by atoms with van der Waals surface area (Å²) in [5, 5.41) is 0. The fourth-order valence-corrected chi connectivity index (χ4v) is 3.19. The number of sulfonamides is 1. The summed E-state index contributed by atoms with van der Waals surface area (Å²) >= 11 is 0. The van der Waals surface area contributed by atoms with Gasteiger partial charge in [-0.3, -0.25) is 14.5 Å². The number of H-pyrrole nitrogens is 1. The third-order valence-corrected chi connectivity index (χ3v) is 4.50. The molecular weight excluding hydrogens is 322 g/mol. The maximum Gasteiger partial charge on any atom is 0.417 e. The average molecular weight is 333 g/mol. The Morgan fingerprint density at radius 2 is 1.91 bits per heavy atom. The summed E-state index contributed by atoms with van der Waals surface area (Å²) in [5.74, 6) is -1.43. The lowest BCUT2D eigenvalue weighted by atomic mass is 10.2. The zero-order valence-electron chi connectivity index (χ0n) is 11.6. The Balaban J connectivity index is 2.04. The highest BCUT2D eigenvalue weighted by atomic mass is 32.2. The molecule has 0 saturated carbocycles. The van der Waals surface area contributed by atoms with Gasteiger partial charge in [-0.15, -0.1) is 0 Å². The quantitative estimate of drug-likeness (QED) is 0.655. The molecule has 3 rings (SSSR count). The van der Waals surface area contributed by atoms with Gasteiger partial charge in [0.1, 0.15) is 0 Å². The number of carbonyl (C=O) groups excluding carboxylic acids is 1. The minimum atomic E-state index is -3.97. The van der Waals surface area contributed by atoms with Crippen molar-refractivity contribution < 1.29 is 17.6 Å². The number of nitrogens with two attached hydrogens (primary N) is 1. The van der Waals surface area contributed by atoms with Crippen LogP contribution in [0.25, 0.3) is 11.1 Å². The van der Waals surface area contributed by atoms with Gasteiger partial charge in [0.05, 0.1) is 21.7 Å². The Hall–Kier alpha value is -3.07. The number of benzene rings is 2. The number of hydrogen-bond acceptors (Lipinski definition) is 5. The van der Waals surface area contributed by atoms with Gasteiger partial charge in [-0.05, 0) is 30.3 Å². The molecule has 1 aromatic heterocycles. The predicted octanol–water partition coefficient (Wildman–Crippen LogP) is 1.02. The zero-order valence-corrected chi connectivity index (χ0v) is 12.4. The van der Waals surface area contributed by atoms with Crippen LogP contribution in [-0.2, 0) is 10.0 Å². The fourth-order valence-electron chi connectivity index (χ4n) is 2.09. The molecule has 118 valence electrons. The largest absolute Gasteiger partial charge is 0.417 e. The lowest BCUT2D eigenvalue weighted by Gasteiger charge is -2.10. The van der Waals surface area contributed by atoms with Crippen molar-refractivity contribution in [3.63, 3.8) is 0 Å². The van der Waals surface area contributed by atoms with E-state index in [1.165, 1.54) is 30.3 Å². The number of aromatic amines is 1. The molecule has 8 nitrogen and oxygen atoms in total. The van der Waals surface area contributed by atoms with E-state index in [0.29, 0.717) is 0 Å². The first-order chi connectivity index (χ1) is 10.9. The van der Waals surface area contributed by atoms with E-state index in [4.69, 9.17) is 10.2 Å². The van der Waals surface area contributed by atoms with Crippen molar-refractivity contribution in [1.82, 2.24) is 4.98 Å². The number of anilines is 1. The van der Waals surface area contributed by atoms with Crippen molar-refractivity contribution in [2.75, 3.05) is 4.72 Å². The number of fused-ring (bicyclic) bond motifs is 1. The molecule has 0 aliphatic carbocycles. The summed E-state index contributed by atoms with van der Waals surface area (Å²) in [5.41, 5.74) is 5.84. The van der Waals surface area contributed by atoms with Gasteiger partial charge in [0, 0.05) is 0 Å². The maximum atomic E-state index is 12.4. The van der Waals surface area contributed by atoms with Crippen LogP contribution >= 0.6 is 0 Å². The first kappa shape index (κ1) is 14.9. The third-order valence-electron chi connectivity index (χ3n) is 3.14. The Morgan fingerprint density at radius 1 is 1.17 bits per heavy atom. The van der Waals surface area contributed by atoms with Gasteiger partial charge in [-0.2, -0.15) is 0 Å². The topological polar surface area (TPSA) is 135 Å². The van der Waals surface area contributed by atoms with E-state index in [2.05, 4.69) is 9.71 Å². The monoisotopic (exact) mass is 333 g/mol. The van der Waals surface area contributed by atoms with E-state index >= 15 is 0 Å². The molecule has 0 bridgehead atoms. The van der Waals surface area contributed by atoms with E-state index in [-0.39, 0.29) is 27.2 Å². The molecule has 0 aliphatic rings. The zero-order chi connectivity index (χ0) is 16.6. The Kier molecular flexibility index (Phi) is 3.41. The molecule has 0 radical (unpaired) electrons. The molecule has 0 saturated heterocycles. The van der Waals surface area contributed by atoms with Crippen molar-refractivity contribution in [2.24, 2.45) is 5.73 Å². The summed E-state index contributed by atoms with van der Waals surface area (Å²) in [6, 6.07) is 9.89. The number of oxazole rings is 1. The summed E-state index contributed by atoms with van der Waals surface area (Å²) in [4.78, 5) is 24.8. The van der Waals surface area contributed by atoms with Gasteiger partial charge < -0.3 is 10.2 Å². The van der Waals surface area contributed by atoms with Crippen molar-refractivity contribution >= 4 is 32.7 Å². The summed E-state index contributed by atoms with van der Waals surface area (Å²) < 4.78 is 32.0. The highest BCUT2D eigenvalue weighted by molar-refractivity contribution is 7.92. The minimum absolute atomic E-state index is 0.0499. The smallest absolute Gasteiger partial charge is 0.408 e. The maximum absolute atomic E-state index is 12.4. The molecule has 1 heterocycles. The number of aromatic nitrogens is 1. The average Bonchev–Trinajstić information content (AvgIpc) is 2.86. The van der Waals surface area contributed by atoms with E-state index in [0.717, 1.165) is 0 Å². The Bertz CT molecular complexity index is 1070. The number of hydrogen-bond donors (Lipinski definition) is 3. The lowest BCUT2D eigenvalue weighted by Crippen LogP contribution is -2.18. The van der Waals surface area contributed by atoms with Crippen LogP contribution in [0.4, 0.5) is 5.69 Å². The normalized spacial score (nSPS) is 11.5. The number of rotatable bonds is 4. The van der Waals surface area contributed by atoms with Gasteiger partial charge in [0.25, 0.3) is 15.9 Å². The first-order valence-corrected chi connectivity index (χ1v) is 7.90. The van der Waals surface area contributed by atoms with Gasteiger partial charge >= 0.3 is 5.76 Å². The Labute approximate surface area is 130 Å². The molecule has 0 atom stereocenters. The fraction of sp³-hybridized carbons (Fsp3) is 0. The minimum Gasteiger partial charge on any atom is -0.408 e. The van der Waals surface area contributed by atoms with E-state index in [1.54, 1.807) is 12.1 Å². The molecule has 1 amide bonds. The molecule has 4 N–H and O–H groups in total. The van der Waals surface area contributed by atoms with Gasteiger partial charge in [0.2, 0.25) is 0 Å². The highest BCUT2D eigenvalue weighted by Gasteiger charge is 2.18. The molecule has 23 heavy (non-hydrogen) atoms. The van der Waals surface area contributed by atoms with Crippen LogP contribution in [0.3, 0.4) is 0 Å². The molecule has 0 unspecified atom stereocenters. The van der Waals surface area contributed by atoms with Crippen LogP contribution in [0.2, 0.25) is 0 Å². The number of para-hydroxylation sites is 1. The third kappa shape index (κ3) is 2.81. The van der Waals surface area contributed by atoms with Crippen molar-refractivity contribution in [3.8, 4) is 0 Å². The van der Waals surface area contributed by atoms with E-state index < -0.39 is 21.7 Å².